The molecular weight excluding hydrogens is 212 g/mol. The molecule has 0 atom stereocenters. The minimum atomic E-state index is -0.559. The smallest absolute Gasteiger partial charge is 0.309 e. The van der Waals surface area contributed by atoms with Crippen LogP contribution in [0, 0.1) is 16.7 Å². The van der Waals surface area contributed by atoms with Crippen LogP contribution in [0.25, 0.3) is 0 Å². The van der Waals surface area contributed by atoms with Gasteiger partial charge in [-0.15, -0.1) is 0 Å². The van der Waals surface area contributed by atoms with Crippen molar-refractivity contribution in [1.29, 1.82) is 0 Å². The normalized spacial score (nSPS) is 22.6. The second-order valence-electron chi connectivity index (χ2n) is 7.04. The highest BCUT2D eigenvalue weighted by molar-refractivity contribution is 5.74. The average Bonchev–Trinajstić information content (AvgIpc) is 2.20. The first kappa shape index (κ1) is 14.5. The van der Waals surface area contributed by atoms with Gasteiger partial charge < -0.3 is 5.11 Å². The van der Waals surface area contributed by atoms with Gasteiger partial charge in [0.15, 0.2) is 0 Å². The van der Waals surface area contributed by atoms with Crippen LogP contribution >= 0.6 is 0 Å². The molecule has 2 heteroatoms. The molecule has 0 saturated heterocycles. The van der Waals surface area contributed by atoms with Crippen molar-refractivity contribution in [3.05, 3.63) is 0 Å². The first-order chi connectivity index (χ1) is 7.77. The Morgan fingerprint density at radius 2 is 1.71 bits per heavy atom. The summed E-state index contributed by atoms with van der Waals surface area (Å²) in [5.74, 6) is 0.123. The second-order valence-corrected chi connectivity index (χ2v) is 7.04. The van der Waals surface area contributed by atoms with Gasteiger partial charge >= 0.3 is 5.97 Å². The zero-order valence-electron chi connectivity index (χ0n) is 11.9. The third-order valence-corrected chi connectivity index (χ3v) is 4.45. The second kappa shape index (κ2) is 5.41. The highest BCUT2D eigenvalue weighted by Crippen LogP contribution is 2.47. The van der Waals surface area contributed by atoms with Gasteiger partial charge in [0.25, 0.3) is 0 Å². The summed E-state index contributed by atoms with van der Waals surface area (Å²) in [6, 6.07) is 0. The van der Waals surface area contributed by atoms with E-state index in [0.717, 1.165) is 44.9 Å². The van der Waals surface area contributed by atoms with Crippen LogP contribution < -0.4 is 0 Å². The van der Waals surface area contributed by atoms with Gasteiger partial charge in [0, 0.05) is 0 Å². The van der Waals surface area contributed by atoms with Crippen LogP contribution in [0.1, 0.15) is 72.6 Å². The lowest BCUT2D eigenvalue weighted by molar-refractivity contribution is -0.153. The molecule has 0 heterocycles. The molecule has 1 aliphatic carbocycles. The molecule has 100 valence electrons. The Morgan fingerprint density at radius 3 is 2.12 bits per heavy atom. The number of hydrogen-bond donors (Lipinski definition) is 1. The number of rotatable bonds is 5. The van der Waals surface area contributed by atoms with Crippen molar-refractivity contribution in [2.24, 2.45) is 16.7 Å². The number of carboxylic acids is 1. The summed E-state index contributed by atoms with van der Waals surface area (Å²) < 4.78 is 0. The Kier molecular flexibility index (Phi) is 4.62. The molecular formula is C15H28O2. The van der Waals surface area contributed by atoms with Gasteiger partial charge in [-0.3, -0.25) is 4.79 Å². The Labute approximate surface area is 106 Å². The summed E-state index contributed by atoms with van der Waals surface area (Å²) in [4.78, 5) is 11.6. The van der Waals surface area contributed by atoms with Crippen LogP contribution in [0.2, 0.25) is 0 Å². The van der Waals surface area contributed by atoms with E-state index >= 15 is 0 Å². The number of hydrogen-bond acceptors (Lipinski definition) is 1. The van der Waals surface area contributed by atoms with E-state index in [-0.39, 0.29) is 0 Å². The molecule has 1 fully saturated rings. The molecule has 0 radical (unpaired) electrons. The summed E-state index contributed by atoms with van der Waals surface area (Å²) in [5.41, 5.74) is -0.0680. The van der Waals surface area contributed by atoms with Crippen molar-refractivity contribution in [3.8, 4) is 0 Å². The largest absolute Gasteiger partial charge is 0.481 e. The molecule has 0 unspecified atom stereocenters. The van der Waals surface area contributed by atoms with E-state index in [2.05, 4.69) is 27.7 Å². The van der Waals surface area contributed by atoms with E-state index in [9.17, 15) is 9.90 Å². The van der Waals surface area contributed by atoms with Crippen LogP contribution in [-0.4, -0.2) is 11.1 Å². The lowest BCUT2D eigenvalue weighted by Crippen LogP contribution is -2.37. The van der Waals surface area contributed by atoms with Crippen LogP contribution in [0.15, 0.2) is 0 Å². The van der Waals surface area contributed by atoms with Crippen LogP contribution in [0.3, 0.4) is 0 Å². The number of carboxylic acid groups (broad SMARTS) is 1. The fourth-order valence-corrected chi connectivity index (χ4v) is 2.82. The number of aliphatic carboxylic acids is 1. The summed E-state index contributed by atoms with van der Waals surface area (Å²) in [5, 5.41) is 9.52. The molecule has 0 aromatic rings. The van der Waals surface area contributed by atoms with E-state index in [1.807, 2.05) is 0 Å². The third-order valence-electron chi connectivity index (χ3n) is 4.45. The van der Waals surface area contributed by atoms with Crippen molar-refractivity contribution < 1.29 is 9.90 Å². The predicted octanol–water partition coefficient (Wildman–Crippen LogP) is 4.48. The first-order valence-corrected chi connectivity index (χ1v) is 7.01. The van der Waals surface area contributed by atoms with Crippen molar-refractivity contribution in [2.75, 3.05) is 0 Å². The van der Waals surface area contributed by atoms with E-state index in [1.165, 1.54) is 0 Å². The Bertz CT molecular complexity index is 256. The standard InChI is InChI=1S/C15H28O2/c1-12(2)6-5-7-15(13(16)17)10-8-14(3,4)9-11-15/h12H,5-11H2,1-4H3,(H,16,17). The maximum atomic E-state index is 11.6. The lowest BCUT2D eigenvalue weighted by Gasteiger charge is -2.41. The molecule has 0 bridgehead atoms. The lowest BCUT2D eigenvalue weighted by atomic mass is 9.63. The molecule has 1 rings (SSSR count). The molecule has 0 aromatic carbocycles. The fraction of sp³-hybridized carbons (Fsp3) is 0.933. The minimum Gasteiger partial charge on any atom is -0.481 e. The van der Waals surface area contributed by atoms with Crippen molar-refractivity contribution in [1.82, 2.24) is 0 Å². The zero-order chi connectivity index (χ0) is 13.1. The van der Waals surface area contributed by atoms with E-state index in [0.29, 0.717) is 11.3 Å². The van der Waals surface area contributed by atoms with Crippen molar-refractivity contribution in [3.63, 3.8) is 0 Å². The Balaban J connectivity index is 2.56. The van der Waals surface area contributed by atoms with Gasteiger partial charge in [-0.2, -0.15) is 0 Å². The molecule has 2 nitrogen and oxygen atoms in total. The van der Waals surface area contributed by atoms with Gasteiger partial charge in [0.05, 0.1) is 5.41 Å². The third kappa shape index (κ3) is 4.01. The topological polar surface area (TPSA) is 37.3 Å². The zero-order valence-corrected chi connectivity index (χ0v) is 11.9. The summed E-state index contributed by atoms with van der Waals surface area (Å²) in [7, 11) is 0. The van der Waals surface area contributed by atoms with Crippen LogP contribution in [0.5, 0.6) is 0 Å². The quantitative estimate of drug-likeness (QED) is 0.769. The summed E-state index contributed by atoms with van der Waals surface area (Å²) in [6.45, 7) is 8.93. The average molecular weight is 240 g/mol. The minimum absolute atomic E-state index is 0.344. The SMILES string of the molecule is CC(C)CCCC1(C(=O)O)CCC(C)(C)CC1. The fourth-order valence-electron chi connectivity index (χ4n) is 2.82. The summed E-state index contributed by atoms with van der Waals surface area (Å²) in [6.07, 6.45) is 6.93. The van der Waals surface area contributed by atoms with E-state index in [1.54, 1.807) is 0 Å². The molecule has 1 N–H and O–H groups in total. The van der Waals surface area contributed by atoms with Crippen molar-refractivity contribution >= 4 is 5.97 Å². The highest BCUT2D eigenvalue weighted by Gasteiger charge is 2.43. The molecule has 1 saturated carbocycles. The van der Waals surface area contributed by atoms with E-state index in [4.69, 9.17) is 0 Å². The summed E-state index contributed by atoms with van der Waals surface area (Å²) >= 11 is 0. The van der Waals surface area contributed by atoms with Gasteiger partial charge in [-0.1, -0.05) is 40.5 Å². The monoisotopic (exact) mass is 240 g/mol. The highest BCUT2D eigenvalue weighted by atomic mass is 16.4. The molecule has 0 amide bonds. The maximum Gasteiger partial charge on any atom is 0.309 e. The first-order valence-electron chi connectivity index (χ1n) is 7.01. The Morgan fingerprint density at radius 1 is 1.18 bits per heavy atom. The van der Waals surface area contributed by atoms with Crippen LogP contribution in [0.4, 0.5) is 0 Å². The maximum absolute atomic E-state index is 11.6. The molecule has 1 aliphatic rings. The Hall–Kier alpha value is -0.530. The molecule has 0 spiro atoms. The van der Waals surface area contributed by atoms with Crippen LogP contribution in [-0.2, 0) is 4.79 Å². The molecule has 0 aromatic heterocycles. The predicted molar refractivity (Wildman–Crippen MR) is 71.0 cm³/mol. The van der Waals surface area contributed by atoms with Gasteiger partial charge in [-0.05, 0) is 43.4 Å². The van der Waals surface area contributed by atoms with E-state index < -0.39 is 11.4 Å². The van der Waals surface area contributed by atoms with Gasteiger partial charge in [0.1, 0.15) is 0 Å². The van der Waals surface area contributed by atoms with Gasteiger partial charge in [0.2, 0.25) is 0 Å². The number of carbonyl (C=O) groups is 1. The van der Waals surface area contributed by atoms with Gasteiger partial charge in [-0.25, -0.2) is 0 Å². The molecule has 0 aliphatic heterocycles. The van der Waals surface area contributed by atoms with Crippen molar-refractivity contribution in [2.45, 2.75) is 72.6 Å². The molecule has 17 heavy (non-hydrogen) atoms.